The lowest BCUT2D eigenvalue weighted by molar-refractivity contribution is -0.116. The molecule has 1 N–H and O–H groups in total. The van der Waals surface area contributed by atoms with Gasteiger partial charge in [-0.3, -0.25) is 4.79 Å². The molecule has 1 rings (SSSR count). The summed E-state index contributed by atoms with van der Waals surface area (Å²) in [5, 5.41) is 2.84. The highest BCUT2D eigenvalue weighted by Gasteiger charge is 2.05. The van der Waals surface area contributed by atoms with Crippen LogP contribution in [0.2, 0.25) is 0 Å². The van der Waals surface area contributed by atoms with Crippen molar-refractivity contribution in [3.63, 3.8) is 0 Å². The molecule has 4 nitrogen and oxygen atoms in total. The topological polar surface area (TPSA) is 47.6 Å². The number of nitrogens with one attached hydrogen (secondary N) is 1. The standard InChI is InChI=1S/C17H25NO3/c1-5-20-15-9-7-14(11-16(15)21-6-2)8-10-17(19)18-12-13(3)4/h7-11,13H,5-6,12H2,1-4H3,(H,18,19). The maximum absolute atomic E-state index is 11.6. The van der Waals surface area contributed by atoms with Crippen molar-refractivity contribution in [3.05, 3.63) is 29.8 Å². The molecule has 0 saturated carbocycles. The third kappa shape index (κ3) is 6.34. The number of hydrogen-bond donors (Lipinski definition) is 1. The molecule has 21 heavy (non-hydrogen) atoms. The van der Waals surface area contributed by atoms with Crippen molar-refractivity contribution < 1.29 is 14.3 Å². The van der Waals surface area contributed by atoms with Crippen LogP contribution in [0.3, 0.4) is 0 Å². The second-order valence-electron chi connectivity index (χ2n) is 5.04. The van der Waals surface area contributed by atoms with E-state index in [1.807, 2.05) is 32.0 Å². The highest BCUT2D eigenvalue weighted by atomic mass is 16.5. The molecule has 0 fully saturated rings. The molecule has 0 bridgehead atoms. The second-order valence-corrected chi connectivity index (χ2v) is 5.04. The average molecular weight is 291 g/mol. The van der Waals surface area contributed by atoms with E-state index in [1.54, 1.807) is 6.08 Å². The molecule has 0 radical (unpaired) electrons. The minimum absolute atomic E-state index is 0.0875. The lowest BCUT2D eigenvalue weighted by Gasteiger charge is -2.11. The number of amides is 1. The van der Waals surface area contributed by atoms with Gasteiger partial charge in [-0.15, -0.1) is 0 Å². The zero-order valence-corrected chi connectivity index (χ0v) is 13.3. The lowest BCUT2D eigenvalue weighted by atomic mass is 10.2. The Morgan fingerprint density at radius 3 is 2.48 bits per heavy atom. The Morgan fingerprint density at radius 2 is 1.86 bits per heavy atom. The van der Waals surface area contributed by atoms with E-state index in [-0.39, 0.29) is 5.91 Å². The van der Waals surface area contributed by atoms with Gasteiger partial charge in [0.15, 0.2) is 11.5 Å². The van der Waals surface area contributed by atoms with Crippen LogP contribution in [0.1, 0.15) is 33.3 Å². The van der Waals surface area contributed by atoms with E-state index in [0.717, 1.165) is 11.3 Å². The zero-order valence-electron chi connectivity index (χ0n) is 13.3. The molecule has 0 aliphatic rings. The van der Waals surface area contributed by atoms with Crippen LogP contribution in [0.5, 0.6) is 11.5 Å². The Morgan fingerprint density at radius 1 is 1.19 bits per heavy atom. The van der Waals surface area contributed by atoms with E-state index in [0.29, 0.717) is 31.4 Å². The molecule has 0 aliphatic carbocycles. The molecule has 0 unspecified atom stereocenters. The van der Waals surface area contributed by atoms with Crippen LogP contribution < -0.4 is 14.8 Å². The Hall–Kier alpha value is -1.97. The number of benzene rings is 1. The minimum Gasteiger partial charge on any atom is -0.490 e. The molecule has 1 amide bonds. The summed E-state index contributed by atoms with van der Waals surface area (Å²) in [4.78, 5) is 11.6. The van der Waals surface area contributed by atoms with E-state index in [2.05, 4.69) is 19.2 Å². The number of hydrogen-bond acceptors (Lipinski definition) is 3. The predicted octanol–water partition coefficient (Wildman–Crippen LogP) is 3.27. The van der Waals surface area contributed by atoms with Crippen molar-refractivity contribution in [2.45, 2.75) is 27.7 Å². The molecule has 0 heterocycles. The SMILES string of the molecule is CCOc1ccc(C=CC(=O)NCC(C)C)cc1OCC. The van der Waals surface area contributed by atoms with Gasteiger partial charge in [-0.25, -0.2) is 0 Å². The van der Waals surface area contributed by atoms with Crippen LogP contribution in [0.4, 0.5) is 0 Å². The lowest BCUT2D eigenvalue weighted by Crippen LogP contribution is -2.25. The molecular formula is C17H25NO3. The van der Waals surface area contributed by atoms with Crippen molar-refractivity contribution in [1.29, 1.82) is 0 Å². The summed E-state index contributed by atoms with van der Waals surface area (Å²) in [6.07, 6.45) is 3.31. The summed E-state index contributed by atoms with van der Waals surface area (Å²) in [6, 6.07) is 5.64. The molecule has 0 atom stereocenters. The first kappa shape index (κ1) is 17.1. The van der Waals surface area contributed by atoms with E-state index in [9.17, 15) is 4.79 Å². The molecule has 116 valence electrons. The van der Waals surface area contributed by atoms with Crippen molar-refractivity contribution in [2.75, 3.05) is 19.8 Å². The van der Waals surface area contributed by atoms with Gasteiger partial charge in [0.1, 0.15) is 0 Å². The molecule has 0 saturated heterocycles. The van der Waals surface area contributed by atoms with Crippen molar-refractivity contribution in [1.82, 2.24) is 5.32 Å². The first-order valence-corrected chi connectivity index (χ1v) is 7.42. The fraction of sp³-hybridized carbons (Fsp3) is 0.471. The Labute approximate surface area is 127 Å². The number of carbonyl (C=O) groups is 1. The van der Waals surface area contributed by atoms with Gasteiger partial charge in [-0.1, -0.05) is 19.9 Å². The monoisotopic (exact) mass is 291 g/mol. The average Bonchev–Trinajstić information content (AvgIpc) is 2.45. The van der Waals surface area contributed by atoms with Gasteiger partial charge in [0.05, 0.1) is 13.2 Å². The van der Waals surface area contributed by atoms with E-state index in [1.165, 1.54) is 6.08 Å². The summed E-state index contributed by atoms with van der Waals surface area (Å²) in [6.45, 7) is 9.82. The molecule has 0 aromatic heterocycles. The van der Waals surface area contributed by atoms with Gasteiger partial charge in [0.2, 0.25) is 5.91 Å². The van der Waals surface area contributed by atoms with Gasteiger partial charge in [-0.2, -0.15) is 0 Å². The number of ether oxygens (including phenoxy) is 2. The summed E-state index contributed by atoms with van der Waals surface area (Å²) in [5.41, 5.74) is 0.904. The molecule has 0 spiro atoms. The summed E-state index contributed by atoms with van der Waals surface area (Å²) in [7, 11) is 0. The normalized spacial score (nSPS) is 10.9. The predicted molar refractivity (Wildman–Crippen MR) is 85.7 cm³/mol. The summed E-state index contributed by atoms with van der Waals surface area (Å²) < 4.78 is 11.1. The first-order valence-electron chi connectivity index (χ1n) is 7.42. The molecular weight excluding hydrogens is 266 g/mol. The highest BCUT2D eigenvalue weighted by molar-refractivity contribution is 5.91. The third-order valence-electron chi connectivity index (χ3n) is 2.68. The maximum atomic E-state index is 11.6. The van der Waals surface area contributed by atoms with E-state index in [4.69, 9.17) is 9.47 Å². The Kier molecular flexibility index (Phi) is 7.37. The quantitative estimate of drug-likeness (QED) is 0.748. The van der Waals surface area contributed by atoms with Crippen LogP contribution >= 0.6 is 0 Å². The van der Waals surface area contributed by atoms with Crippen molar-refractivity contribution in [2.24, 2.45) is 5.92 Å². The maximum Gasteiger partial charge on any atom is 0.244 e. The number of carbonyl (C=O) groups excluding carboxylic acids is 1. The van der Waals surface area contributed by atoms with Crippen molar-refractivity contribution >= 4 is 12.0 Å². The fourth-order valence-electron chi connectivity index (χ4n) is 1.71. The van der Waals surface area contributed by atoms with Crippen LogP contribution in [-0.2, 0) is 4.79 Å². The van der Waals surface area contributed by atoms with Gasteiger partial charge in [0, 0.05) is 12.6 Å². The van der Waals surface area contributed by atoms with E-state index >= 15 is 0 Å². The fourth-order valence-corrected chi connectivity index (χ4v) is 1.71. The smallest absolute Gasteiger partial charge is 0.244 e. The first-order chi connectivity index (χ1) is 10.1. The number of rotatable bonds is 8. The Balaban J connectivity index is 2.74. The van der Waals surface area contributed by atoms with Gasteiger partial charge in [-0.05, 0) is 43.5 Å². The van der Waals surface area contributed by atoms with Crippen LogP contribution in [-0.4, -0.2) is 25.7 Å². The molecule has 1 aromatic carbocycles. The van der Waals surface area contributed by atoms with Gasteiger partial charge in [0.25, 0.3) is 0 Å². The second kappa shape index (κ2) is 9.06. The van der Waals surface area contributed by atoms with Crippen LogP contribution in [0.15, 0.2) is 24.3 Å². The molecule has 4 heteroatoms. The Bertz CT molecular complexity index is 481. The van der Waals surface area contributed by atoms with E-state index < -0.39 is 0 Å². The van der Waals surface area contributed by atoms with Gasteiger partial charge >= 0.3 is 0 Å². The minimum atomic E-state index is -0.0875. The van der Waals surface area contributed by atoms with Crippen LogP contribution in [0.25, 0.3) is 6.08 Å². The largest absolute Gasteiger partial charge is 0.490 e. The summed E-state index contributed by atoms with van der Waals surface area (Å²) in [5.74, 6) is 1.78. The summed E-state index contributed by atoms with van der Waals surface area (Å²) >= 11 is 0. The molecule has 1 aromatic rings. The van der Waals surface area contributed by atoms with Crippen LogP contribution in [0, 0.1) is 5.92 Å². The van der Waals surface area contributed by atoms with Crippen molar-refractivity contribution in [3.8, 4) is 11.5 Å². The molecule has 0 aliphatic heterocycles. The van der Waals surface area contributed by atoms with Gasteiger partial charge < -0.3 is 14.8 Å². The highest BCUT2D eigenvalue weighted by Crippen LogP contribution is 2.28. The third-order valence-corrected chi connectivity index (χ3v) is 2.68. The zero-order chi connectivity index (χ0) is 15.7.